The molecule has 1 rings (SSSR count). The van der Waals surface area contributed by atoms with E-state index in [-0.39, 0.29) is 5.41 Å². The molecule has 0 nitrogen and oxygen atoms in total. The molecule has 0 atom stereocenters. The molecular formula is C17H27Cl. The Morgan fingerprint density at radius 2 is 1.78 bits per heavy atom. The van der Waals surface area contributed by atoms with Crippen molar-refractivity contribution in [1.29, 1.82) is 0 Å². The van der Waals surface area contributed by atoms with Gasteiger partial charge in [-0.15, -0.1) is 0 Å². The highest BCUT2D eigenvalue weighted by Gasteiger charge is 2.20. The third-order valence-electron chi connectivity index (χ3n) is 3.46. The van der Waals surface area contributed by atoms with Crippen LogP contribution in [0, 0.1) is 0 Å². The van der Waals surface area contributed by atoms with E-state index >= 15 is 0 Å². The largest absolute Gasteiger partial charge is 0.0840 e. The fourth-order valence-electron chi connectivity index (χ4n) is 2.33. The Kier molecular flexibility index (Phi) is 5.28. The number of hydrogen-bond donors (Lipinski definition) is 0. The molecule has 0 saturated heterocycles. The summed E-state index contributed by atoms with van der Waals surface area (Å²) < 4.78 is 0. The lowest BCUT2D eigenvalue weighted by atomic mass is 9.82. The van der Waals surface area contributed by atoms with E-state index < -0.39 is 0 Å². The Morgan fingerprint density at radius 1 is 1.17 bits per heavy atom. The summed E-state index contributed by atoms with van der Waals surface area (Å²) in [6, 6.07) is 4.53. The lowest BCUT2D eigenvalue weighted by Gasteiger charge is -2.24. The number of hydrogen-bond acceptors (Lipinski definition) is 0. The summed E-state index contributed by atoms with van der Waals surface area (Å²) in [6.07, 6.45) is 3.62. The highest BCUT2D eigenvalue weighted by molar-refractivity contribution is 6.31. The van der Waals surface area contributed by atoms with Crippen molar-refractivity contribution in [2.75, 3.05) is 0 Å². The van der Waals surface area contributed by atoms with E-state index in [0.29, 0.717) is 5.92 Å². The number of benzene rings is 1. The van der Waals surface area contributed by atoms with E-state index in [1.54, 1.807) is 0 Å². The second-order valence-corrected chi connectivity index (χ2v) is 6.95. The topological polar surface area (TPSA) is 0 Å². The number of rotatable bonds is 4. The Morgan fingerprint density at radius 3 is 2.22 bits per heavy atom. The first-order valence-electron chi connectivity index (χ1n) is 7.10. The zero-order valence-electron chi connectivity index (χ0n) is 12.7. The van der Waals surface area contributed by atoms with E-state index in [1.165, 1.54) is 29.5 Å². The van der Waals surface area contributed by atoms with Gasteiger partial charge in [0.1, 0.15) is 0 Å². The minimum atomic E-state index is 0.115. The van der Waals surface area contributed by atoms with Crippen molar-refractivity contribution < 1.29 is 0 Å². The van der Waals surface area contributed by atoms with Gasteiger partial charge < -0.3 is 0 Å². The third-order valence-corrected chi connectivity index (χ3v) is 3.77. The molecule has 0 aromatic heterocycles. The number of unbranched alkanes of at least 4 members (excludes halogenated alkanes) is 1. The van der Waals surface area contributed by atoms with Crippen molar-refractivity contribution in [1.82, 2.24) is 0 Å². The van der Waals surface area contributed by atoms with Gasteiger partial charge in [0.05, 0.1) is 0 Å². The van der Waals surface area contributed by atoms with Crippen molar-refractivity contribution in [2.24, 2.45) is 0 Å². The van der Waals surface area contributed by atoms with Crippen LogP contribution < -0.4 is 0 Å². The van der Waals surface area contributed by atoms with E-state index in [9.17, 15) is 0 Å². The quantitative estimate of drug-likeness (QED) is 0.617. The minimum Gasteiger partial charge on any atom is -0.0840 e. The summed E-state index contributed by atoms with van der Waals surface area (Å²) in [5.74, 6) is 0.565. The van der Waals surface area contributed by atoms with Gasteiger partial charge in [-0.1, -0.05) is 65.6 Å². The molecule has 1 aromatic carbocycles. The Labute approximate surface area is 118 Å². The number of halogens is 1. The maximum atomic E-state index is 6.47. The Bertz CT molecular complexity index is 397. The van der Waals surface area contributed by atoms with Gasteiger partial charge in [-0.25, -0.2) is 0 Å². The summed E-state index contributed by atoms with van der Waals surface area (Å²) in [7, 11) is 0. The van der Waals surface area contributed by atoms with Crippen LogP contribution in [0.4, 0.5) is 0 Å². The van der Waals surface area contributed by atoms with Crippen LogP contribution in [0.25, 0.3) is 0 Å². The first-order valence-corrected chi connectivity index (χ1v) is 7.48. The molecule has 102 valence electrons. The molecule has 0 radical (unpaired) electrons. The molecule has 0 saturated carbocycles. The second-order valence-electron chi connectivity index (χ2n) is 6.54. The van der Waals surface area contributed by atoms with Gasteiger partial charge in [-0.2, -0.15) is 0 Å². The second kappa shape index (κ2) is 6.10. The zero-order chi connectivity index (χ0) is 13.9. The van der Waals surface area contributed by atoms with Crippen LogP contribution in [-0.4, -0.2) is 0 Å². The van der Waals surface area contributed by atoms with Crippen molar-refractivity contribution in [2.45, 2.75) is 72.1 Å². The third kappa shape index (κ3) is 3.75. The maximum Gasteiger partial charge on any atom is 0.0446 e. The minimum absolute atomic E-state index is 0.115. The summed E-state index contributed by atoms with van der Waals surface area (Å²) in [6.45, 7) is 13.5. The molecule has 0 heterocycles. The normalized spacial score (nSPS) is 12.2. The average Bonchev–Trinajstić information content (AvgIpc) is 2.23. The van der Waals surface area contributed by atoms with E-state index in [2.05, 4.69) is 53.7 Å². The smallest absolute Gasteiger partial charge is 0.0446 e. The molecule has 0 fully saturated rings. The van der Waals surface area contributed by atoms with Crippen LogP contribution in [0.5, 0.6) is 0 Å². The van der Waals surface area contributed by atoms with Gasteiger partial charge in [0.25, 0.3) is 0 Å². The SMILES string of the molecule is CCCCc1cc(Cl)c(C(C)(C)C)cc1C(C)C. The zero-order valence-corrected chi connectivity index (χ0v) is 13.5. The highest BCUT2D eigenvalue weighted by Crippen LogP contribution is 2.34. The van der Waals surface area contributed by atoms with Crippen molar-refractivity contribution in [3.63, 3.8) is 0 Å². The molecule has 0 unspecified atom stereocenters. The van der Waals surface area contributed by atoms with Gasteiger partial charge in [0.2, 0.25) is 0 Å². The molecule has 18 heavy (non-hydrogen) atoms. The summed E-state index contributed by atoms with van der Waals surface area (Å²) in [5.41, 5.74) is 4.29. The van der Waals surface area contributed by atoms with Gasteiger partial charge in [-0.05, 0) is 46.9 Å². The van der Waals surface area contributed by atoms with Gasteiger partial charge in [0, 0.05) is 5.02 Å². The van der Waals surface area contributed by atoms with Crippen LogP contribution in [0.3, 0.4) is 0 Å². The highest BCUT2D eigenvalue weighted by atomic mass is 35.5. The first-order chi connectivity index (χ1) is 8.27. The monoisotopic (exact) mass is 266 g/mol. The maximum absolute atomic E-state index is 6.47. The van der Waals surface area contributed by atoms with Crippen LogP contribution in [-0.2, 0) is 11.8 Å². The average molecular weight is 267 g/mol. The Hall–Kier alpha value is -0.490. The van der Waals surface area contributed by atoms with Crippen molar-refractivity contribution in [3.8, 4) is 0 Å². The summed E-state index contributed by atoms with van der Waals surface area (Å²) in [5, 5.41) is 0.929. The fourth-order valence-corrected chi connectivity index (χ4v) is 2.80. The van der Waals surface area contributed by atoms with E-state index in [0.717, 1.165) is 11.4 Å². The van der Waals surface area contributed by atoms with Crippen LogP contribution in [0.1, 0.15) is 77.0 Å². The van der Waals surface area contributed by atoms with Crippen LogP contribution in [0.2, 0.25) is 5.02 Å². The molecule has 0 spiro atoms. The van der Waals surface area contributed by atoms with E-state index in [1.807, 2.05) is 0 Å². The standard InChI is InChI=1S/C17H27Cl/c1-7-8-9-13-10-16(18)15(17(4,5)6)11-14(13)12(2)3/h10-12H,7-9H2,1-6H3. The lowest BCUT2D eigenvalue weighted by Crippen LogP contribution is -2.13. The molecule has 0 amide bonds. The first kappa shape index (κ1) is 15.6. The molecule has 1 heteroatoms. The van der Waals surface area contributed by atoms with Crippen molar-refractivity contribution >= 4 is 11.6 Å². The van der Waals surface area contributed by atoms with Crippen molar-refractivity contribution in [3.05, 3.63) is 33.8 Å². The summed E-state index contributed by atoms with van der Waals surface area (Å²) >= 11 is 6.47. The molecule has 0 bridgehead atoms. The van der Waals surface area contributed by atoms with Gasteiger partial charge in [0.15, 0.2) is 0 Å². The van der Waals surface area contributed by atoms with Gasteiger partial charge in [-0.3, -0.25) is 0 Å². The molecule has 0 aliphatic heterocycles. The lowest BCUT2D eigenvalue weighted by molar-refractivity contribution is 0.588. The predicted octanol–water partition coefficient (Wildman–Crippen LogP) is 6.10. The molecule has 0 N–H and O–H groups in total. The molecular weight excluding hydrogens is 240 g/mol. The van der Waals surface area contributed by atoms with Crippen LogP contribution >= 0.6 is 11.6 Å². The predicted molar refractivity (Wildman–Crippen MR) is 82.9 cm³/mol. The fraction of sp³-hybridized carbons (Fsp3) is 0.647. The molecule has 1 aromatic rings. The number of aryl methyl sites for hydroxylation is 1. The Balaban J connectivity index is 3.26. The van der Waals surface area contributed by atoms with Gasteiger partial charge >= 0.3 is 0 Å². The summed E-state index contributed by atoms with van der Waals surface area (Å²) in [4.78, 5) is 0. The van der Waals surface area contributed by atoms with Crippen LogP contribution in [0.15, 0.2) is 12.1 Å². The molecule has 0 aliphatic carbocycles. The van der Waals surface area contributed by atoms with E-state index in [4.69, 9.17) is 11.6 Å². The molecule has 0 aliphatic rings.